The van der Waals surface area contributed by atoms with E-state index in [1.165, 1.54) is 19.3 Å². The van der Waals surface area contributed by atoms with Crippen molar-refractivity contribution in [3.05, 3.63) is 0 Å². The van der Waals surface area contributed by atoms with Gasteiger partial charge in [0.25, 0.3) is 0 Å². The highest BCUT2D eigenvalue weighted by Crippen LogP contribution is 2.34. The fraction of sp³-hybridized carbons (Fsp3) is 0.917. The lowest BCUT2D eigenvalue weighted by Crippen LogP contribution is -2.41. The molecule has 2 rings (SSSR count). The van der Waals surface area contributed by atoms with Crippen molar-refractivity contribution in [1.82, 2.24) is 10.6 Å². The first-order valence-electron chi connectivity index (χ1n) is 6.39. The van der Waals surface area contributed by atoms with Crippen LogP contribution in [0.5, 0.6) is 0 Å². The number of carbonyl (C=O) groups is 1. The summed E-state index contributed by atoms with van der Waals surface area (Å²) in [4.78, 5) is 11.7. The van der Waals surface area contributed by atoms with Crippen LogP contribution in [0.2, 0.25) is 0 Å². The maximum Gasteiger partial charge on any atom is 0.220 e. The molecule has 1 aliphatic carbocycles. The highest BCUT2D eigenvalue weighted by Gasteiger charge is 2.43. The molecule has 16 heavy (non-hydrogen) atoms. The van der Waals surface area contributed by atoms with Crippen LogP contribution < -0.4 is 10.6 Å². The molecule has 3 N–H and O–H groups in total. The van der Waals surface area contributed by atoms with E-state index >= 15 is 0 Å². The Bertz CT molecular complexity index is 245. The molecule has 1 heterocycles. The summed E-state index contributed by atoms with van der Waals surface area (Å²) in [5.41, 5.74) is -0.253. The quantitative estimate of drug-likeness (QED) is 0.641. The summed E-state index contributed by atoms with van der Waals surface area (Å²) in [7, 11) is 0. The number of nitrogens with one attached hydrogen (secondary N) is 2. The number of carbonyl (C=O) groups excluding carboxylic acids is 1. The van der Waals surface area contributed by atoms with Crippen molar-refractivity contribution in [2.24, 2.45) is 0 Å². The van der Waals surface area contributed by atoms with Gasteiger partial charge in [0.1, 0.15) is 0 Å². The lowest BCUT2D eigenvalue weighted by atomic mass is 10.0. The Balaban J connectivity index is 1.63. The Morgan fingerprint density at radius 2 is 2.25 bits per heavy atom. The minimum absolute atomic E-state index is 0.0837. The summed E-state index contributed by atoms with van der Waals surface area (Å²) in [6, 6.07) is 0.517. The summed E-state index contributed by atoms with van der Waals surface area (Å²) in [5.74, 6) is 0.0962. The predicted molar refractivity (Wildman–Crippen MR) is 62.1 cm³/mol. The standard InChI is InChI=1S/C12H22N2O2/c15-9-12(6-7-12)14-11(16)5-4-10-3-1-2-8-13-10/h10,13,15H,1-9H2,(H,14,16). The van der Waals surface area contributed by atoms with Crippen LogP contribution in [0.25, 0.3) is 0 Å². The third-order valence-electron chi connectivity index (χ3n) is 3.69. The molecule has 1 amide bonds. The molecule has 2 fully saturated rings. The molecule has 1 saturated carbocycles. The molecule has 0 radical (unpaired) electrons. The maximum atomic E-state index is 11.7. The van der Waals surface area contributed by atoms with E-state index in [2.05, 4.69) is 10.6 Å². The smallest absolute Gasteiger partial charge is 0.220 e. The van der Waals surface area contributed by atoms with Crippen molar-refractivity contribution >= 4 is 5.91 Å². The fourth-order valence-corrected chi connectivity index (χ4v) is 2.31. The van der Waals surface area contributed by atoms with Gasteiger partial charge in [-0.05, 0) is 38.6 Å². The summed E-state index contributed by atoms with van der Waals surface area (Å²) < 4.78 is 0. The molecule has 4 heteroatoms. The summed E-state index contributed by atoms with van der Waals surface area (Å²) in [6.07, 6.45) is 7.09. The average molecular weight is 226 g/mol. The number of hydrogen-bond acceptors (Lipinski definition) is 3. The summed E-state index contributed by atoms with van der Waals surface area (Å²) >= 11 is 0. The Labute approximate surface area is 96.8 Å². The number of amides is 1. The summed E-state index contributed by atoms with van der Waals surface area (Å²) in [6.45, 7) is 1.17. The van der Waals surface area contributed by atoms with Gasteiger partial charge in [-0.1, -0.05) is 6.42 Å². The van der Waals surface area contributed by atoms with Gasteiger partial charge in [-0.2, -0.15) is 0 Å². The van der Waals surface area contributed by atoms with Crippen LogP contribution in [-0.4, -0.2) is 35.7 Å². The molecule has 1 unspecified atom stereocenters. The maximum absolute atomic E-state index is 11.7. The second kappa shape index (κ2) is 5.15. The molecule has 0 spiro atoms. The molecule has 0 bridgehead atoms. The SMILES string of the molecule is O=C(CCC1CCCCN1)NC1(CO)CC1. The van der Waals surface area contributed by atoms with Crippen molar-refractivity contribution in [2.45, 2.75) is 56.5 Å². The van der Waals surface area contributed by atoms with Crippen LogP contribution in [0, 0.1) is 0 Å². The average Bonchev–Trinajstić information content (AvgIpc) is 3.08. The number of rotatable bonds is 5. The van der Waals surface area contributed by atoms with Crippen LogP contribution >= 0.6 is 0 Å². The van der Waals surface area contributed by atoms with E-state index in [-0.39, 0.29) is 18.1 Å². The highest BCUT2D eigenvalue weighted by atomic mass is 16.3. The third-order valence-corrected chi connectivity index (χ3v) is 3.69. The van der Waals surface area contributed by atoms with Gasteiger partial charge in [0.15, 0.2) is 0 Å². The van der Waals surface area contributed by atoms with Gasteiger partial charge in [-0.15, -0.1) is 0 Å². The van der Waals surface area contributed by atoms with Gasteiger partial charge in [-0.3, -0.25) is 4.79 Å². The Hall–Kier alpha value is -0.610. The zero-order valence-corrected chi connectivity index (χ0v) is 9.80. The van der Waals surface area contributed by atoms with Gasteiger partial charge < -0.3 is 15.7 Å². The molecule has 2 aliphatic rings. The molecule has 1 atom stereocenters. The van der Waals surface area contributed by atoms with E-state index in [0.29, 0.717) is 12.5 Å². The third kappa shape index (κ3) is 3.19. The van der Waals surface area contributed by atoms with E-state index in [4.69, 9.17) is 5.11 Å². The summed E-state index contributed by atoms with van der Waals surface area (Å²) in [5, 5.41) is 15.5. The van der Waals surface area contributed by atoms with Gasteiger partial charge in [0.2, 0.25) is 5.91 Å². The van der Waals surface area contributed by atoms with Crippen LogP contribution in [-0.2, 0) is 4.79 Å². The van der Waals surface area contributed by atoms with Crippen LogP contribution in [0.3, 0.4) is 0 Å². The van der Waals surface area contributed by atoms with Crippen molar-refractivity contribution in [1.29, 1.82) is 0 Å². The lowest BCUT2D eigenvalue weighted by Gasteiger charge is -2.23. The topological polar surface area (TPSA) is 61.4 Å². The van der Waals surface area contributed by atoms with E-state index in [0.717, 1.165) is 25.8 Å². The molecule has 0 aromatic heterocycles. The first kappa shape index (κ1) is 11.9. The van der Waals surface area contributed by atoms with E-state index in [1.54, 1.807) is 0 Å². The lowest BCUT2D eigenvalue weighted by molar-refractivity contribution is -0.122. The Morgan fingerprint density at radius 1 is 1.44 bits per heavy atom. The van der Waals surface area contributed by atoms with Crippen molar-refractivity contribution in [2.75, 3.05) is 13.2 Å². The number of hydrogen-bond donors (Lipinski definition) is 3. The van der Waals surface area contributed by atoms with Crippen LogP contribution in [0.4, 0.5) is 0 Å². The number of aliphatic hydroxyl groups is 1. The van der Waals surface area contributed by atoms with E-state index < -0.39 is 0 Å². The Kier molecular flexibility index (Phi) is 3.82. The van der Waals surface area contributed by atoms with Gasteiger partial charge >= 0.3 is 0 Å². The minimum Gasteiger partial charge on any atom is -0.394 e. The fourth-order valence-electron chi connectivity index (χ4n) is 2.31. The minimum atomic E-state index is -0.253. The van der Waals surface area contributed by atoms with Crippen LogP contribution in [0.15, 0.2) is 0 Å². The van der Waals surface area contributed by atoms with Crippen molar-refractivity contribution < 1.29 is 9.90 Å². The molecule has 0 aromatic carbocycles. The molecule has 1 saturated heterocycles. The van der Waals surface area contributed by atoms with Gasteiger partial charge in [0.05, 0.1) is 12.1 Å². The zero-order chi connectivity index (χ0) is 11.4. The zero-order valence-electron chi connectivity index (χ0n) is 9.80. The molecular formula is C12H22N2O2. The molecule has 4 nitrogen and oxygen atoms in total. The number of piperidine rings is 1. The van der Waals surface area contributed by atoms with E-state index in [9.17, 15) is 4.79 Å². The molecule has 0 aromatic rings. The largest absolute Gasteiger partial charge is 0.394 e. The van der Waals surface area contributed by atoms with Gasteiger partial charge in [-0.25, -0.2) is 0 Å². The second-order valence-corrected chi connectivity index (χ2v) is 5.17. The Morgan fingerprint density at radius 3 is 2.81 bits per heavy atom. The monoisotopic (exact) mass is 226 g/mol. The van der Waals surface area contributed by atoms with Gasteiger partial charge in [0, 0.05) is 12.5 Å². The van der Waals surface area contributed by atoms with Crippen molar-refractivity contribution in [3.8, 4) is 0 Å². The first-order valence-corrected chi connectivity index (χ1v) is 6.39. The van der Waals surface area contributed by atoms with Crippen LogP contribution in [0.1, 0.15) is 44.9 Å². The predicted octanol–water partition coefficient (Wildman–Crippen LogP) is 0.550. The number of aliphatic hydroxyl groups excluding tert-OH is 1. The highest BCUT2D eigenvalue weighted by molar-refractivity contribution is 5.77. The molecule has 92 valence electrons. The normalized spacial score (nSPS) is 27.4. The molecule has 1 aliphatic heterocycles. The first-order chi connectivity index (χ1) is 7.74. The van der Waals surface area contributed by atoms with E-state index in [1.807, 2.05) is 0 Å². The van der Waals surface area contributed by atoms with Crippen molar-refractivity contribution in [3.63, 3.8) is 0 Å². The second-order valence-electron chi connectivity index (χ2n) is 5.17. The molecular weight excluding hydrogens is 204 g/mol.